The molecular weight excluding hydrogens is 182 g/mol. The molecule has 0 amide bonds. The molecule has 0 saturated heterocycles. The Labute approximate surface area is 83.6 Å². The highest BCUT2D eigenvalue weighted by molar-refractivity contribution is 7.10. The summed E-state index contributed by atoms with van der Waals surface area (Å²) in [5.41, 5.74) is 1.30. The second kappa shape index (κ2) is 5.37. The summed E-state index contributed by atoms with van der Waals surface area (Å²) < 4.78 is 0. The highest BCUT2D eigenvalue weighted by Crippen LogP contribution is 2.18. The largest absolute Gasteiger partial charge is 0.396 e. The topological polar surface area (TPSA) is 32.3 Å². The van der Waals surface area contributed by atoms with E-state index < -0.39 is 0 Å². The maximum atomic E-state index is 8.84. The fraction of sp³-hybridized carbons (Fsp3) is 0.600. The minimum absolute atomic E-state index is 0.248. The van der Waals surface area contributed by atoms with Crippen molar-refractivity contribution in [2.24, 2.45) is 0 Å². The highest BCUT2D eigenvalue weighted by atomic mass is 32.1. The molecule has 2 N–H and O–H groups in total. The summed E-state index contributed by atoms with van der Waals surface area (Å²) >= 11 is 1.78. The molecular formula is C10H17NOS. The quantitative estimate of drug-likeness (QED) is 0.752. The fourth-order valence-corrected chi connectivity index (χ4v) is 2.33. The summed E-state index contributed by atoms with van der Waals surface area (Å²) in [6.45, 7) is 2.42. The number of aliphatic hydroxyl groups is 1. The van der Waals surface area contributed by atoms with Crippen molar-refractivity contribution in [3.63, 3.8) is 0 Å². The SMILES string of the molecule is CNC(C)Cc1sccc1CCO. The molecule has 0 radical (unpaired) electrons. The van der Waals surface area contributed by atoms with Crippen molar-refractivity contribution in [1.29, 1.82) is 0 Å². The Bertz CT molecular complexity index is 247. The molecule has 0 fully saturated rings. The summed E-state index contributed by atoms with van der Waals surface area (Å²) in [6.07, 6.45) is 1.85. The number of thiophene rings is 1. The fourth-order valence-electron chi connectivity index (χ4n) is 1.27. The third-order valence-corrected chi connectivity index (χ3v) is 3.19. The van der Waals surface area contributed by atoms with Gasteiger partial charge in [0.05, 0.1) is 0 Å². The molecule has 2 nitrogen and oxygen atoms in total. The molecule has 0 aliphatic rings. The van der Waals surface area contributed by atoms with E-state index in [1.165, 1.54) is 10.4 Å². The molecule has 0 spiro atoms. The van der Waals surface area contributed by atoms with E-state index >= 15 is 0 Å². The lowest BCUT2D eigenvalue weighted by atomic mass is 10.1. The number of likely N-dealkylation sites (N-methyl/N-ethyl adjacent to an activating group) is 1. The summed E-state index contributed by atoms with van der Waals surface area (Å²) in [5.74, 6) is 0. The average molecular weight is 199 g/mol. The van der Waals surface area contributed by atoms with E-state index in [4.69, 9.17) is 5.11 Å². The number of aliphatic hydroxyl groups excluding tert-OH is 1. The van der Waals surface area contributed by atoms with Crippen molar-refractivity contribution in [1.82, 2.24) is 5.32 Å². The standard InChI is InChI=1S/C10H17NOS/c1-8(11-2)7-10-9(3-5-12)4-6-13-10/h4,6,8,11-12H,3,5,7H2,1-2H3. The van der Waals surface area contributed by atoms with Gasteiger partial charge in [-0.3, -0.25) is 0 Å². The first kappa shape index (κ1) is 10.7. The van der Waals surface area contributed by atoms with Gasteiger partial charge in [-0.05, 0) is 43.8 Å². The van der Waals surface area contributed by atoms with E-state index in [1.54, 1.807) is 11.3 Å². The molecule has 1 aromatic heterocycles. The second-order valence-corrected chi connectivity index (χ2v) is 4.24. The first-order valence-corrected chi connectivity index (χ1v) is 5.49. The van der Waals surface area contributed by atoms with Gasteiger partial charge >= 0.3 is 0 Å². The zero-order valence-corrected chi connectivity index (χ0v) is 9.03. The lowest BCUT2D eigenvalue weighted by Crippen LogP contribution is -2.23. The summed E-state index contributed by atoms with van der Waals surface area (Å²) in [4.78, 5) is 1.40. The Morgan fingerprint density at radius 3 is 3.00 bits per heavy atom. The van der Waals surface area contributed by atoms with Gasteiger partial charge in [0.15, 0.2) is 0 Å². The average Bonchev–Trinajstić information content (AvgIpc) is 2.54. The van der Waals surface area contributed by atoms with Gasteiger partial charge in [-0.2, -0.15) is 0 Å². The zero-order chi connectivity index (χ0) is 9.68. The van der Waals surface area contributed by atoms with Crippen molar-refractivity contribution < 1.29 is 5.11 Å². The molecule has 1 atom stereocenters. The molecule has 0 aromatic carbocycles. The molecule has 1 aromatic rings. The summed E-state index contributed by atoms with van der Waals surface area (Å²) in [5, 5.41) is 14.2. The van der Waals surface area contributed by atoms with E-state index in [9.17, 15) is 0 Å². The van der Waals surface area contributed by atoms with E-state index in [0.717, 1.165) is 12.8 Å². The van der Waals surface area contributed by atoms with Gasteiger partial charge in [-0.25, -0.2) is 0 Å². The van der Waals surface area contributed by atoms with Crippen molar-refractivity contribution in [2.45, 2.75) is 25.8 Å². The third kappa shape index (κ3) is 3.10. The van der Waals surface area contributed by atoms with Crippen LogP contribution < -0.4 is 5.32 Å². The third-order valence-electron chi connectivity index (χ3n) is 2.20. The van der Waals surface area contributed by atoms with Crippen LogP contribution in [0.2, 0.25) is 0 Å². The van der Waals surface area contributed by atoms with E-state index in [1.807, 2.05) is 7.05 Å². The Kier molecular flexibility index (Phi) is 4.42. The lowest BCUT2D eigenvalue weighted by molar-refractivity contribution is 0.299. The summed E-state index contributed by atoms with van der Waals surface area (Å²) in [7, 11) is 1.98. The summed E-state index contributed by atoms with van der Waals surface area (Å²) in [6, 6.07) is 2.62. The van der Waals surface area contributed by atoms with Crippen molar-refractivity contribution in [3.8, 4) is 0 Å². The van der Waals surface area contributed by atoms with Crippen molar-refractivity contribution in [2.75, 3.05) is 13.7 Å². The Hall–Kier alpha value is -0.380. The normalized spacial score (nSPS) is 13.2. The molecule has 3 heteroatoms. The minimum Gasteiger partial charge on any atom is -0.396 e. The molecule has 0 aliphatic heterocycles. The van der Waals surface area contributed by atoms with Crippen LogP contribution in [0.15, 0.2) is 11.4 Å². The molecule has 0 saturated carbocycles. The van der Waals surface area contributed by atoms with Gasteiger partial charge in [0.25, 0.3) is 0 Å². The number of hydrogen-bond donors (Lipinski definition) is 2. The molecule has 0 aliphatic carbocycles. The maximum Gasteiger partial charge on any atom is 0.0471 e. The first-order valence-electron chi connectivity index (χ1n) is 4.61. The van der Waals surface area contributed by atoms with Gasteiger partial charge in [-0.1, -0.05) is 0 Å². The zero-order valence-electron chi connectivity index (χ0n) is 8.21. The second-order valence-electron chi connectivity index (χ2n) is 3.24. The highest BCUT2D eigenvalue weighted by Gasteiger charge is 2.06. The number of rotatable bonds is 5. The monoisotopic (exact) mass is 199 g/mol. The van der Waals surface area contributed by atoms with Crippen LogP contribution in [-0.4, -0.2) is 24.8 Å². The maximum absolute atomic E-state index is 8.84. The van der Waals surface area contributed by atoms with Crippen LogP contribution >= 0.6 is 11.3 Å². The molecule has 74 valence electrons. The van der Waals surface area contributed by atoms with E-state index in [0.29, 0.717) is 6.04 Å². The van der Waals surface area contributed by atoms with E-state index in [-0.39, 0.29) is 6.61 Å². The van der Waals surface area contributed by atoms with Gasteiger partial charge in [0.1, 0.15) is 0 Å². The lowest BCUT2D eigenvalue weighted by Gasteiger charge is -2.09. The van der Waals surface area contributed by atoms with Crippen LogP contribution in [0.4, 0.5) is 0 Å². The van der Waals surface area contributed by atoms with Crippen LogP contribution in [0.3, 0.4) is 0 Å². The molecule has 0 bridgehead atoms. The van der Waals surface area contributed by atoms with Crippen LogP contribution in [0.5, 0.6) is 0 Å². The predicted molar refractivity (Wildman–Crippen MR) is 57.3 cm³/mol. The van der Waals surface area contributed by atoms with Gasteiger partial charge in [0.2, 0.25) is 0 Å². The number of nitrogens with one attached hydrogen (secondary N) is 1. The molecule has 1 unspecified atom stereocenters. The molecule has 13 heavy (non-hydrogen) atoms. The predicted octanol–water partition coefficient (Wildman–Crippen LogP) is 1.43. The van der Waals surface area contributed by atoms with Crippen LogP contribution in [0.1, 0.15) is 17.4 Å². The smallest absolute Gasteiger partial charge is 0.0471 e. The van der Waals surface area contributed by atoms with Crippen molar-refractivity contribution >= 4 is 11.3 Å². The van der Waals surface area contributed by atoms with Gasteiger partial charge in [0, 0.05) is 17.5 Å². The Morgan fingerprint density at radius 1 is 1.62 bits per heavy atom. The minimum atomic E-state index is 0.248. The Morgan fingerprint density at radius 2 is 2.38 bits per heavy atom. The Balaban J connectivity index is 2.59. The van der Waals surface area contributed by atoms with Gasteiger partial charge < -0.3 is 10.4 Å². The van der Waals surface area contributed by atoms with Crippen LogP contribution in [-0.2, 0) is 12.8 Å². The molecule has 1 heterocycles. The molecule has 1 rings (SSSR count). The number of hydrogen-bond acceptors (Lipinski definition) is 3. The van der Waals surface area contributed by atoms with Gasteiger partial charge in [-0.15, -0.1) is 11.3 Å². The van der Waals surface area contributed by atoms with Crippen LogP contribution in [0.25, 0.3) is 0 Å². The van der Waals surface area contributed by atoms with E-state index in [2.05, 4.69) is 23.7 Å². The van der Waals surface area contributed by atoms with Crippen molar-refractivity contribution in [3.05, 3.63) is 21.9 Å². The van der Waals surface area contributed by atoms with Crippen LogP contribution in [0, 0.1) is 0 Å². The first-order chi connectivity index (χ1) is 6.27.